The van der Waals surface area contributed by atoms with Gasteiger partial charge in [0.15, 0.2) is 0 Å². The van der Waals surface area contributed by atoms with E-state index in [2.05, 4.69) is 45.1 Å². The first-order valence-electron chi connectivity index (χ1n) is 6.72. The number of rotatable bonds is 3. The van der Waals surface area contributed by atoms with E-state index in [4.69, 9.17) is 0 Å². The van der Waals surface area contributed by atoms with E-state index in [1.54, 1.807) is 0 Å². The molecule has 1 aliphatic heterocycles. The van der Waals surface area contributed by atoms with Gasteiger partial charge in [-0.1, -0.05) is 0 Å². The molecule has 1 fully saturated rings. The van der Waals surface area contributed by atoms with E-state index in [9.17, 15) is 0 Å². The van der Waals surface area contributed by atoms with Gasteiger partial charge < -0.3 is 15.1 Å². The van der Waals surface area contributed by atoms with Crippen LogP contribution in [-0.4, -0.2) is 54.6 Å². The Hall–Kier alpha value is -1.36. The molecule has 1 aromatic heterocycles. The first kappa shape index (κ1) is 13.1. The summed E-state index contributed by atoms with van der Waals surface area (Å²) in [5.74, 6) is 1.79. The van der Waals surface area contributed by atoms with Gasteiger partial charge in [-0.3, -0.25) is 0 Å². The Balaban J connectivity index is 2.15. The summed E-state index contributed by atoms with van der Waals surface area (Å²) in [4.78, 5) is 13.7. The van der Waals surface area contributed by atoms with E-state index in [1.165, 1.54) is 13.0 Å². The second kappa shape index (κ2) is 6.00. The minimum atomic E-state index is 0.741. The van der Waals surface area contributed by atoms with Gasteiger partial charge in [-0.15, -0.1) is 0 Å². The molecule has 0 saturated carbocycles. The zero-order valence-corrected chi connectivity index (χ0v) is 11.6. The SMILES string of the molecule is CCNc1nc(C)cc(N2CCCN(C)CC2)n1. The number of nitrogens with one attached hydrogen (secondary N) is 1. The summed E-state index contributed by atoms with van der Waals surface area (Å²) in [5.41, 5.74) is 1.02. The summed E-state index contributed by atoms with van der Waals surface area (Å²) < 4.78 is 0. The Morgan fingerprint density at radius 3 is 2.83 bits per heavy atom. The highest BCUT2D eigenvalue weighted by molar-refractivity contribution is 5.44. The van der Waals surface area contributed by atoms with Crippen molar-refractivity contribution in [2.24, 2.45) is 0 Å². The molecule has 1 saturated heterocycles. The van der Waals surface area contributed by atoms with Crippen LogP contribution >= 0.6 is 0 Å². The minimum Gasteiger partial charge on any atom is -0.355 e. The van der Waals surface area contributed by atoms with Gasteiger partial charge in [0, 0.05) is 37.9 Å². The number of hydrogen-bond acceptors (Lipinski definition) is 5. The van der Waals surface area contributed by atoms with Crippen molar-refractivity contribution < 1.29 is 0 Å². The van der Waals surface area contributed by atoms with Crippen LogP contribution in [0.15, 0.2) is 6.07 Å². The zero-order chi connectivity index (χ0) is 13.0. The third kappa shape index (κ3) is 3.32. The number of aromatic nitrogens is 2. The van der Waals surface area contributed by atoms with Crippen LogP contribution in [0.4, 0.5) is 11.8 Å². The predicted octanol–water partition coefficient (Wildman–Crippen LogP) is 1.36. The molecule has 1 aliphatic rings. The third-order valence-corrected chi connectivity index (χ3v) is 3.22. The lowest BCUT2D eigenvalue weighted by atomic mass is 10.3. The molecule has 0 spiro atoms. The minimum absolute atomic E-state index is 0.741. The van der Waals surface area contributed by atoms with Crippen molar-refractivity contribution in [2.45, 2.75) is 20.3 Å². The standard InChI is InChI=1S/C13H23N5/c1-4-14-13-15-11(2)10-12(16-13)18-7-5-6-17(3)8-9-18/h10H,4-9H2,1-3H3,(H,14,15,16). The largest absolute Gasteiger partial charge is 0.355 e. The van der Waals surface area contributed by atoms with Crippen LogP contribution < -0.4 is 10.2 Å². The van der Waals surface area contributed by atoms with Crippen molar-refractivity contribution in [3.05, 3.63) is 11.8 Å². The lowest BCUT2D eigenvalue weighted by Gasteiger charge is -2.22. The second-order valence-electron chi connectivity index (χ2n) is 4.87. The van der Waals surface area contributed by atoms with E-state index >= 15 is 0 Å². The van der Waals surface area contributed by atoms with Crippen molar-refractivity contribution in [2.75, 3.05) is 50.0 Å². The van der Waals surface area contributed by atoms with Crippen molar-refractivity contribution >= 4 is 11.8 Å². The molecule has 1 aromatic rings. The molecule has 5 nitrogen and oxygen atoms in total. The fourth-order valence-corrected chi connectivity index (χ4v) is 2.23. The normalized spacial score (nSPS) is 17.6. The predicted molar refractivity (Wildman–Crippen MR) is 75.3 cm³/mol. The first-order valence-corrected chi connectivity index (χ1v) is 6.72. The number of anilines is 2. The Morgan fingerprint density at radius 1 is 1.22 bits per heavy atom. The maximum absolute atomic E-state index is 4.60. The molecule has 0 unspecified atom stereocenters. The van der Waals surface area contributed by atoms with E-state index in [1.807, 2.05) is 6.92 Å². The number of nitrogens with zero attached hydrogens (tertiary/aromatic N) is 4. The maximum atomic E-state index is 4.60. The molecule has 0 aliphatic carbocycles. The van der Waals surface area contributed by atoms with Crippen molar-refractivity contribution in [3.63, 3.8) is 0 Å². The molecule has 2 heterocycles. The highest BCUT2D eigenvalue weighted by atomic mass is 15.3. The Morgan fingerprint density at radius 2 is 2.06 bits per heavy atom. The van der Waals surface area contributed by atoms with Gasteiger partial charge in [0.1, 0.15) is 5.82 Å². The highest BCUT2D eigenvalue weighted by Gasteiger charge is 2.14. The molecule has 0 bridgehead atoms. The van der Waals surface area contributed by atoms with Crippen LogP contribution in [0.3, 0.4) is 0 Å². The summed E-state index contributed by atoms with van der Waals surface area (Å²) in [5, 5.41) is 3.19. The lowest BCUT2D eigenvalue weighted by molar-refractivity contribution is 0.360. The molecule has 18 heavy (non-hydrogen) atoms. The summed E-state index contributed by atoms with van der Waals surface area (Å²) in [7, 11) is 2.18. The fraction of sp³-hybridized carbons (Fsp3) is 0.692. The van der Waals surface area contributed by atoms with Gasteiger partial charge in [-0.2, -0.15) is 4.98 Å². The van der Waals surface area contributed by atoms with Crippen LogP contribution in [0.5, 0.6) is 0 Å². The Labute approximate surface area is 109 Å². The zero-order valence-electron chi connectivity index (χ0n) is 11.6. The molecule has 0 atom stereocenters. The van der Waals surface area contributed by atoms with Gasteiger partial charge in [0.25, 0.3) is 0 Å². The quantitative estimate of drug-likeness (QED) is 0.876. The fourth-order valence-electron chi connectivity index (χ4n) is 2.23. The third-order valence-electron chi connectivity index (χ3n) is 3.22. The number of likely N-dealkylation sites (N-methyl/N-ethyl adjacent to an activating group) is 1. The molecule has 0 aromatic carbocycles. The van der Waals surface area contributed by atoms with Crippen LogP contribution in [0.25, 0.3) is 0 Å². The van der Waals surface area contributed by atoms with Crippen LogP contribution in [0.2, 0.25) is 0 Å². The average molecular weight is 249 g/mol. The van der Waals surface area contributed by atoms with Crippen molar-refractivity contribution in [1.82, 2.24) is 14.9 Å². The van der Waals surface area contributed by atoms with E-state index in [0.717, 1.165) is 43.6 Å². The first-order chi connectivity index (χ1) is 8.69. The smallest absolute Gasteiger partial charge is 0.224 e. The molecule has 0 radical (unpaired) electrons. The van der Waals surface area contributed by atoms with E-state index in [-0.39, 0.29) is 0 Å². The van der Waals surface area contributed by atoms with Crippen LogP contribution in [0, 0.1) is 6.92 Å². The molecular formula is C13H23N5. The Bertz CT molecular complexity index is 393. The molecule has 5 heteroatoms. The maximum Gasteiger partial charge on any atom is 0.224 e. The van der Waals surface area contributed by atoms with Crippen LogP contribution in [-0.2, 0) is 0 Å². The molecule has 0 amide bonds. The van der Waals surface area contributed by atoms with Gasteiger partial charge in [-0.05, 0) is 33.9 Å². The van der Waals surface area contributed by atoms with Crippen molar-refractivity contribution in [3.8, 4) is 0 Å². The molecule has 100 valence electrons. The Kier molecular flexibility index (Phi) is 4.36. The van der Waals surface area contributed by atoms with Crippen LogP contribution in [0.1, 0.15) is 19.0 Å². The van der Waals surface area contributed by atoms with Gasteiger partial charge in [-0.25, -0.2) is 4.98 Å². The topological polar surface area (TPSA) is 44.3 Å². The molecule has 1 N–H and O–H groups in total. The van der Waals surface area contributed by atoms with Crippen molar-refractivity contribution in [1.29, 1.82) is 0 Å². The van der Waals surface area contributed by atoms with E-state index in [0.29, 0.717) is 0 Å². The number of aryl methyl sites for hydroxylation is 1. The van der Waals surface area contributed by atoms with E-state index < -0.39 is 0 Å². The summed E-state index contributed by atoms with van der Waals surface area (Å²) in [6.45, 7) is 9.32. The second-order valence-corrected chi connectivity index (χ2v) is 4.87. The summed E-state index contributed by atoms with van der Waals surface area (Å²) in [6, 6.07) is 2.08. The lowest BCUT2D eigenvalue weighted by Crippen LogP contribution is -2.29. The summed E-state index contributed by atoms with van der Waals surface area (Å²) in [6.07, 6.45) is 1.19. The van der Waals surface area contributed by atoms with Gasteiger partial charge >= 0.3 is 0 Å². The highest BCUT2D eigenvalue weighted by Crippen LogP contribution is 2.16. The number of hydrogen-bond donors (Lipinski definition) is 1. The monoisotopic (exact) mass is 249 g/mol. The molecule has 2 rings (SSSR count). The molecular weight excluding hydrogens is 226 g/mol. The van der Waals surface area contributed by atoms with Gasteiger partial charge in [0.05, 0.1) is 0 Å². The van der Waals surface area contributed by atoms with Gasteiger partial charge in [0.2, 0.25) is 5.95 Å². The average Bonchev–Trinajstić information content (AvgIpc) is 2.54. The summed E-state index contributed by atoms with van der Waals surface area (Å²) >= 11 is 0.